The second kappa shape index (κ2) is 12.4. The van der Waals surface area contributed by atoms with Crippen LogP contribution in [-0.4, -0.2) is 28.4 Å². The predicted octanol–water partition coefficient (Wildman–Crippen LogP) is 8.78. The number of ketones is 1. The highest BCUT2D eigenvalue weighted by Crippen LogP contribution is 2.45. The summed E-state index contributed by atoms with van der Waals surface area (Å²) in [6.07, 6.45) is 17.0. The first-order valence-corrected chi connectivity index (χ1v) is 17.3. The van der Waals surface area contributed by atoms with Gasteiger partial charge in [0.15, 0.2) is 5.78 Å². The van der Waals surface area contributed by atoms with E-state index in [2.05, 4.69) is 137 Å². The molecule has 49 heavy (non-hydrogen) atoms. The summed E-state index contributed by atoms with van der Waals surface area (Å²) in [5.41, 5.74) is 8.25. The summed E-state index contributed by atoms with van der Waals surface area (Å²) in [6, 6.07) is 12.4. The number of benzene rings is 2. The fraction of sp³-hybridized carbons (Fsp3) is 0.356. The fourth-order valence-electron chi connectivity index (χ4n) is 6.48. The third-order valence-corrected chi connectivity index (χ3v) is 9.53. The summed E-state index contributed by atoms with van der Waals surface area (Å²) in [4.78, 5) is 17.7. The molecule has 0 amide bonds. The summed E-state index contributed by atoms with van der Waals surface area (Å²) in [7, 11) is 0. The Balaban J connectivity index is 1.63. The summed E-state index contributed by atoms with van der Waals surface area (Å²) in [5, 5.41) is 11.8. The standard InChI is InChI=1S/C45H54N2O2/c1-42(2,3)28-24-34(39(48)36(26-28)44(7,8)9)30-18-14-16-20-32(30)38-22-23-46-41(47(38)13)33-21-17-15-19-31(33)35-25-29(43(4,5)6)27-37(40(35)49)45(10,11)12/h14-27,46,49H,13H2,1-12H3. The predicted molar refractivity (Wildman–Crippen MR) is 204 cm³/mol. The number of carbonyl (C=O) groups excluding carboxylic acids is 1. The van der Waals surface area contributed by atoms with Gasteiger partial charge in [-0.15, -0.1) is 29.9 Å². The first kappa shape index (κ1) is 35.7. The van der Waals surface area contributed by atoms with Crippen LogP contribution in [0.1, 0.15) is 99.8 Å². The van der Waals surface area contributed by atoms with E-state index >= 15 is 0 Å². The lowest BCUT2D eigenvalue weighted by atomic mass is 9.71. The summed E-state index contributed by atoms with van der Waals surface area (Å²) < 4.78 is 1.91. The van der Waals surface area contributed by atoms with Crippen molar-refractivity contribution in [2.45, 2.75) is 93.9 Å². The van der Waals surface area contributed by atoms with Gasteiger partial charge in [-0.3, -0.25) is 4.79 Å². The summed E-state index contributed by atoms with van der Waals surface area (Å²) in [6.45, 7) is 30.5. The number of nitrogens with zero attached hydrogens (tertiary/aromatic N) is 1. The van der Waals surface area contributed by atoms with Crippen LogP contribution in [0.2, 0.25) is 0 Å². The van der Waals surface area contributed by atoms with Crippen molar-refractivity contribution in [2.24, 2.45) is 10.8 Å². The third kappa shape index (κ3) is 6.97. The molecule has 0 unspecified atom stereocenters. The monoisotopic (exact) mass is 654 g/mol. The van der Waals surface area contributed by atoms with E-state index in [4.69, 9.17) is 0 Å². The molecular formula is C45H54N2O2. The van der Waals surface area contributed by atoms with Crippen LogP contribution in [0.4, 0.5) is 0 Å². The van der Waals surface area contributed by atoms with E-state index in [0.717, 1.165) is 62.3 Å². The zero-order valence-electron chi connectivity index (χ0n) is 31.6. The molecule has 4 heteroatoms. The molecule has 2 aliphatic carbocycles. The molecule has 256 valence electrons. The Hall–Kier alpha value is -4.57. The van der Waals surface area contributed by atoms with Crippen molar-refractivity contribution in [1.82, 2.24) is 0 Å². The molecular weight excluding hydrogens is 601 g/mol. The number of aromatic hydroxyl groups is 1. The van der Waals surface area contributed by atoms with E-state index < -0.39 is 0 Å². The van der Waals surface area contributed by atoms with Crippen molar-refractivity contribution >= 4 is 18.7 Å². The van der Waals surface area contributed by atoms with Gasteiger partial charge in [-0.25, -0.2) is 9.57 Å². The molecule has 2 N–H and O–H groups in total. The minimum absolute atomic E-state index is 0.0560. The molecule has 2 aromatic rings. The lowest BCUT2D eigenvalue weighted by Crippen LogP contribution is -2.75. The molecule has 5 rings (SSSR count). The molecule has 1 heterocycles. The van der Waals surface area contributed by atoms with Crippen LogP contribution in [0.15, 0.2) is 107 Å². The van der Waals surface area contributed by atoms with E-state index in [1.807, 2.05) is 47.2 Å². The van der Waals surface area contributed by atoms with Crippen molar-refractivity contribution in [3.8, 4) is 16.9 Å². The van der Waals surface area contributed by atoms with Gasteiger partial charge in [-0.05, 0) is 66.7 Å². The molecule has 0 spiro atoms. The van der Waals surface area contributed by atoms with Gasteiger partial charge in [0.05, 0.1) is 12.9 Å². The van der Waals surface area contributed by atoms with Crippen molar-refractivity contribution in [1.29, 1.82) is 0 Å². The number of hydrogen-bond acceptors (Lipinski definition) is 2. The molecule has 0 bridgehead atoms. The van der Waals surface area contributed by atoms with E-state index in [0.29, 0.717) is 11.3 Å². The Bertz CT molecular complexity index is 1930. The number of rotatable bonds is 3. The van der Waals surface area contributed by atoms with Crippen molar-refractivity contribution in [3.05, 3.63) is 136 Å². The van der Waals surface area contributed by atoms with Gasteiger partial charge in [0.2, 0.25) is 0 Å². The average Bonchev–Trinajstić information content (AvgIpc) is 2.99. The van der Waals surface area contributed by atoms with Crippen molar-refractivity contribution in [3.63, 3.8) is 0 Å². The first-order chi connectivity index (χ1) is 22.6. The fourth-order valence-corrected chi connectivity index (χ4v) is 6.48. The molecule has 4 nitrogen and oxygen atoms in total. The molecule has 0 saturated carbocycles. The Kier molecular flexibility index (Phi) is 9.04. The molecule has 3 aliphatic rings. The van der Waals surface area contributed by atoms with Crippen LogP contribution in [0.25, 0.3) is 11.1 Å². The van der Waals surface area contributed by atoms with Crippen LogP contribution in [0.5, 0.6) is 5.75 Å². The Labute approximate surface area is 294 Å². The maximum atomic E-state index is 14.2. The lowest BCUT2D eigenvalue weighted by Gasteiger charge is -2.35. The van der Waals surface area contributed by atoms with Gasteiger partial charge in [-0.2, -0.15) is 0 Å². The van der Waals surface area contributed by atoms with Crippen LogP contribution >= 0.6 is 0 Å². The number of hydrogen-bond donors (Lipinski definition) is 2. The summed E-state index contributed by atoms with van der Waals surface area (Å²) in [5.74, 6) is 1.27. The zero-order chi connectivity index (χ0) is 36.3. The Morgan fingerprint density at radius 1 is 0.796 bits per heavy atom. The zero-order valence-corrected chi connectivity index (χ0v) is 31.6. The lowest BCUT2D eigenvalue weighted by molar-refractivity contribution is -0.649. The van der Waals surface area contributed by atoms with Crippen LogP contribution in [0, 0.1) is 22.9 Å². The second-order valence-corrected chi connectivity index (χ2v) is 17.6. The van der Waals surface area contributed by atoms with Gasteiger partial charge in [0.25, 0.3) is 0 Å². The minimum atomic E-state index is -0.310. The molecule has 0 atom stereocenters. The molecule has 0 radical (unpaired) electrons. The van der Waals surface area contributed by atoms with Gasteiger partial charge in [-0.1, -0.05) is 138 Å². The number of phenolic OH excluding ortho intramolecular Hbond substituents is 1. The van der Waals surface area contributed by atoms with Crippen molar-refractivity contribution < 1.29 is 19.5 Å². The van der Waals surface area contributed by atoms with Crippen LogP contribution < -0.4 is 4.99 Å². The van der Waals surface area contributed by atoms with Gasteiger partial charge >= 0.3 is 6.17 Å². The van der Waals surface area contributed by atoms with Gasteiger partial charge < -0.3 is 5.11 Å². The van der Waals surface area contributed by atoms with Crippen molar-refractivity contribution in [2.75, 3.05) is 0 Å². The van der Waals surface area contributed by atoms with E-state index in [-0.39, 0.29) is 27.4 Å². The maximum Gasteiger partial charge on any atom is 0.384 e. The number of Topliss-reactive ketones (excluding diaryl/α,β-unsaturated/α-hetero) is 1. The molecule has 2 aromatic carbocycles. The molecule has 0 aromatic heterocycles. The minimum Gasteiger partial charge on any atom is -0.508 e. The Morgan fingerprint density at radius 2 is 1.47 bits per heavy atom. The number of allylic oxidation sites excluding steroid dienone is 10. The molecule has 0 fully saturated rings. The SMILES string of the molecule is C=[N+]1C([C-]2C=CC=CC2=C2C=C(C(C)(C)C)C=C(C(C)(C)C)C2=O)=CC=[NH+][C-]1c1ccccc1-c1cc(C(C)(C)C)cc(C(C)(C)C)c1O. The molecule has 0 saturated heterocycles. The summed E-state index contributed by atoms with van der Waals surface area (Å²) >= 11 is 0. The maximum absolute atomic E-state index is 14.2. The average molecular weight is 655 g/mol. The topological polar surface area (TPSA) is 54.3 Å². The van der Waals surface area contributed by atoms with Crippen LogP contribution in [-0.2, 0) is 15.6 Å². The number of phenols is 1. The molecule has 1 aliphatic heterocycles. The quantitative estimate of drug-likeness (QED) is 0.198. The smallest absolute Gasteiger partial charge is 0.384 e. The van der Waals surface area contributed by atoms with E-state index in [1.165, 1.54) is 0 Å². The first-order valence-electron chi connectivity index (χ1n) is 17.3. The van der Waals surface area contributed by atoms with Crippen LogP contribution in [0.3, 0.4) is 0 Å². The van der Waals surface area contributed by atoms with E-state index in [9.17, 15) is 9.90 Å². The van der Waals surface area contributed by atoms with E-state index in [1.54, 1.807) is 0 Å². The van der Waals surface area contributed by atoms with Gasteiger partial charge in [0.1, 0.15) is 11.4 Å². The second-order valence-electron chi connectivity index (χ2n) is 17.6. The highest BCUT2D eigenvalue weighted by Gasteiger charge is 2.36. The number of carbonyl (C=O) groups is 1. The number of nitrogens with one attached hydrogen (secondary N) is 1. The largest absolute Gasteiger partial charge is 0.508 e. The highest BCUT2D eigenvalue weighted by atomic mass is 16.3. The van der Waals surface area contributed by atoms with Gasteiger partial charge in [0, 0.05) is 5.56 Å². The third-order valence-electron chi connectivity index (χ3n) is 9.53. The normalized spacial score (nSPS) is 19.0. The Morgan fingerprint density at radius 3 is 2.08 bits per heavy atom. The highest BCUT2D eigenvalue weighted by molar-refractivity contribution is 6.14.